The summed E-state index contributed by atoms with van der Waals surface area (Å²) in [6.07, 6.45) is 7.20. The number of halogens is 1. The van der Waals surface area contributed by atoms with Crippen LogP contribution < -0.4 is 15.5 Å². The quantitative estimate of drug-likeness (QED) is 0.615. The molecule has 0 unspecified atom stereocenters. The van der Waals surface area contributed by atoms with E-state index in [0.717, 1.165) is 57.5 Å². The number of pyridine rings is 1. The Morgan fingerprint density at radius 2 is 1.91 bits per heavy atom. The van der Waals surface area contributed by atoms with E-state index >= 15 is 4.39 Å². The zero-order valence-electron chi connectivity index (χ0n) is 19.0. The first kappa shape index (κ1) is 21.6. The van der Waals surface area contributed by atoms with E-state index in [-0.39, 0.29) is 23.0 Å². The Hall–Kier alpha value is -3.27. The van der Waals surface area contributed by atoms with Crippen molar-refractivity contribution in [1.29, 1.82) is 0 Å². The summed E-state index contributed by atoms with van der Waals surface area (Å²) in [4.78, 5) is 30.0. The lowest BCUT2D eigenvalue weighted by molar-refractivity contribution is 0.0810. The number of nitrogens with zero attached hydrogens (tertiary/aromatic N) is 6. The van der Waals surface area contributed by atoms with E-state index < -0.39 is 5.82 Å². The second-order valence-corrected chi connectivity index (χ2v) is 8.87. The molecule has 1 aliphatic heterocycles. The number of amides is 1. The maximum atomic E-state index is 15.3. The van der Waals surface area contributed by atoms with Gasteiger partial charge in [0.1, 0.15) is 17.2 Å². The van der Waals surface area contributed by atoms with Gasteiger partial charge >= 0.3 is 0 Å². The van der Waals surface area contributed by atoms with Crippen molar-refractivity contribution in [3.05, 3.63) is 36.0 Å². The fraction of sp³-hybridized carbons (Fsp3) is 0.478. The third-order valence-corrected chi connectivity index (χ3v) is 6.45. The molecule has 0 aromatic carbocycles. The molecule has 2 N–H and O–H groups in total. The van der Waals surface area contributed by atoms with E-state index in [1.54, 1.807) is 18.7 Å². The summed E-state index contributed by atoms with van der Waals surface area (Å²) in [5, 5.41) is 6.74. The number of piperazine rings is 1. The normalized spacial score (nSPS) is 17.0. The fourth-order valence-corrected chi connectivity index (χ4v) is 4.72. The van der Waals surface area contributed by atoms with Crippen LogP contribution in [-0.4, -0.2) is 70.6 Å². The Bertz CT molecular complexity index is 1150. The van der Waals surface area contributed by atoms with Gasteiger partial charge in [-0.3, -0.25) is 4.79 Å². The van der Waals surface area contributed by atoms with Crippen molar-refractivity contribution in [1.82, 2.24) is 29.7 Å². The molecule has 174 valence electrons. The van der Waals surface area contributed by atoms with Crippen molar-refractivity contribution in [2.75, 3.05) is 50.5 Å². The maximum Gasteiger partial charge on any atom is 0.273 e. The van der Waals surface area contributed by atoms with Gasteiger partial charge in [0, 0.05) is 52.5 Å². The molecule has 2 fully saturated rings. The Morgan fingerprint density at radius 1 is 1.15 bits per heavy atom. The number of hydrogen-bond donors (Lipinski definition) is 2. The lowest BCUT2D eigenvalue weighted by Crippen LogP contribution is -2.43. The molecule has 0 radical (unpaired) electrons. The maximum absolute atomic E-state index is 15.3. The average Bonchev–Trinajstić information content (AvgIpc) is 3.46. The number of fused-ring (bicyclic) bond motifs is 1. The van der Waals surface area contributed by atoms with Crippen LogP contribution in [-0.2, 0) is 0 Å². The number of aromatic nitrogens is 4. The van der Waals surface area contributed by atoms with Gasteiger partial charge in [0.25, 0.3) is 5.91 Å². The molecule has 3 aromatic rings. The van der Waals surface area contributed by atoms with Crippen LogP contribution in [0.15, 0.2) is 24.5 Å². The van der Waals surface area contributed by atoms with Crippen molar-refractivity contribution >= 4 is 34.4 Å². The molecule has 0 bridgehead atoms. The number of hydrogen-bond acceptors (Lipinski definition) is 7. The van der Waals surface area contributed by atoms with Crippen LogP contribution in [0.3, 0.4) is 0 Å². The highest BCUT2D eigenvalue weighted by Gasteiger charge is 2.31. The van der Waals surface area contributed by atoms with Crippen LogP contribution in [0.5, 0.6) is 0 Å². The molecular weight excluding hydrogens is 423 g/mol. The zero-order valence-corrected chi connectivity index (χ0v) is 19.0. The summed E-state index contributed by atoms with van der Waals surface area (Å²) in [6, 6.07) is 3.96. The summed E-state index contributed by atoms with van der Waals surface area (Å²) in [6.45, 7) is 3.82. The summed E-state index contributed by atoms with van der Waals surface area (Å²) < 4.78 is 17.1. The van der Waals surface area contributed by atoms with Crippen molar-refractivity contribution in [3.63, 3.8) is 0 Å². The molecule has 9 nitrogen and oxygen atoms in total. The number of anilines is 3. The fourth-order valence-electron chi connectivity index (χ4n) is 4.72. The van der Waals surface area contributed by atoms with Crippen molar-refractivity contribution in [2.45, 2.75) is 31.7 Å². The van der Waals surface area contributed by atoms with Crippen molar-refractivity contribution in [2.24, 2.45) is 0 Å². The van der Waals surface area contributed by atoms with Crippen LogP contribution in [0.1, 0.15) is 42.2 Å². The molecule has 10 heteroatoms. The minimum absolute atomic E-state index is 0.0510. The molecule has 5 rings (SSSR count). The van der Waals surface area contributed by atoms with Gasteiger partial charge in [0.2, 0.25) is 5.95 Å². The predicted octanol–water partition coefficient (Wildman–Crippen LogP) is 2.94. The van der Waals surface area contributed by atoms with Gasteiger partial charge < -0.3 is 25.0 Å². The second kappa shape index (κ2) is 8.93. The van der Waals surface area contributed by atoms with E-state index in [0.29, 0.717) is 17.4 Å². The third-order valence-electron chi connectivity index (χ3n) is 6.45. The van der Waals surface area contributed by atoms with Crippen LogP contribution in [0, 0.1) is 5.82 Å². The Kier molecular flexibility index (Phi) is 5.84. The van der Waals surface area contributed by atoms with Gasteiger partial charge in [0.15, 0.2) is 5.82 Å². The number of carbonyl (C=O) groups is 1. The SMILES string of the molecule is CN(C)C(=O)c1c(F)c2cnc(Nc3ccc(N4CCNCC4)cn3)nc2n1C1CCCC1. The van der Waals surface area contributed by atoms with E-state index in [2.05, 4.69) is 30.5 Å². The van der Waals surface area contributed by atoms with Crippen molar-refractivity contribution in [3.8, 4) is 0 Å². The van der Waals surface area contributed by atoms with Gasteiger partial charge in [-0.1, -0.05) is 12.8 Å². The highest BCUT2D eigenvalue weighted by molar-refractivity contribution is 5.98. The Morgan fingerprint density at radius 3 is 2.58 bits per heavy atom. The molecular formula is C23H29FN8O. The lowest BCUT2D eigenvalue weighted by atomic mass is 10.2. The minimum atomic E-state index is -0.555. The van der Waals surface area contributed by atoms with Crippen LogP contribution >= 0.6 is 0 Å². The third kappa shape index (κ3) is 4.10. The van der Waals surface area contributed by atoms with Gasteiger partial charge in [-0.2, -0.15) is 4.98 Å². The molecule has 1 aliphatic carbocycles. The first-order valence-corrected chi connectivity index (χ1v) is 11.5. The van der Waals surface area contributed by atoms with E-state index in [4.69, 9.17) is 0 Å². The molecule has 33 heavy (non-hydrogen) atoms. The topological polar surface area (TPSA) is 91.2 Å². The summed E-state index contributed by atoms with van der Waals surface area (Å²) >= 11 is 0. The first-order valence-electron chi connectivity index (χ1n) is 11.5. The molecule has 2 aliphatic rings. The molecule has 0 spiro atoms. The first-order chi connectivity index (χ1) is 16.0. The largest absolute Gasteiger partial charge is 0.368 e. The van der Waals surface area contributed by atoms with Gasteiger partial charge in [0.05, 0.1) is 17.3 Å². The van der Waals surface area contributed by atoms with Crippen LogP contribution in [0.2, 0.25) is 0 Å². The highest BCUT2D eigenvalue weighted by atomic mass is 19.1. The van der Waals surface area contributed by atoms with E-state index in [1.165, 1.54) is 11.1 Å². The Balaban J connectivity index is 1.47. The van der Waals surface area contributed by atoms with Gasteiger partial charge in [-0.25, -0.2) is 14.4 Å². The number of nitrogens with one attached hydrogen (secondary N) is 2. The minimum Gasteiger partial charge on any atom is -0.368 e. The predicted molar refractivity (Wildman–Crippen MR) is 126 cm³/mol. The van der Waals surface area contributed by atoms with E-state index in [9.17, 15) is 4.79 Å². The number of carbonyl (C=O) groups excluding carboxylic acids is 1. The van der Waals surface area contributed by atoms with Crippen LogP contribution in [0.25, 0.3) is 11.0 Å². The highest BCUT2D eigenvalue weighted by Crippen LogP contribution is 2.36. The summed E-state index contributed by atoms with van der Waals surface area (Å²) in [5.74, 6) is 0.0144. The monoisotopic (exact) mass is 452 g/mol. The van der Waals surface area contributed by atoms with E-state index in [1.807, 2.05) is 18.3 Å². The Labute approximate surface area is 192 Å². The zero-order chi connectivity index (χ0) is 22.9. The molecule has 1 saturated carbocycles. The molecule has 4 heterocycles. The molecule has 1 saturated heterocycles. The lowest BCUT2D eigenvalue weighted by Gasteiger charge is -2.29. The molecule has 0 atom stereocenters. The summed E-state index contributed by atoms with van der Waals surface area (Å²) in [5.41, 5.74) is 1.58. The van der Waals surface area contributed by atoms with Crippen molar-refractivity contribution < 1.29 is 9.18 Å². The summed E-state index contributed by atoms with van der Waals surface area (Å²) in [7, 11) is 3.26. The van der Waals surface area contributed by atoms with Gasteiger partial charge in [-0.05, 0) is 25.0 Å². The molecule has 1 amide bonds. The van der Waals surface area contributed by atoms with Crippen LogP contribution in [0.4, 0.5) is 21.8 Å². The second-order valence-electron chi connectivity index (χ2n) is 8.87. The standard InChI is InChI=1S/C23H29FN8O/c1-30(2)22(33)20-19(24)17-14-27-23(29-21(17)32(20)15-5-3-4-6-15)28-18-8-7-16(13-26-18)31-11-9-25-10-12-31/h7-8,13-15,25H,3-6,9-12H2,1-2H3,(H,26,27,28,29). The smallest absolute Gasteiger partial charge is 0.273 e. The average molecular weight is 453 g/mol. The number of rotatable bonds is 5. The molecule has 3 aromatic heterocycles. The van der Waals surface area contributed by atoms with Gasteiger partial charge in [-0.15, -0.1) is 0 Å².